The van der Waals surface area contributed by atoms with Crippen molar-refractivity contribution in [3.8, 4) is 11.1 Å². The second-order valence-corrected chi connectivity index (χ2v) is 8.87. The maximum absolute atomic E-state index is 13.2. The van der Waals surface area contributed by atoms with E-state index in [4.69, 9.17) is 0 Å². The van der Waals surface area contributed by atoms with Gasteiger partial charge in [-0.2, -0.15) is 0 Å². The van der Waals surface area contributed by atoms with Gasteiger partial charge in [0.2, 0.25) is 5.91 Å². The van der Waals surface area contributed by atoms with Gasteiger partial charge in [-0.05, 0) is 22.8 Å². The quantitative estimate of drug-likeness (QED) is 0.349. The molecule has 3 aromatic carbocycles. The lowest BCUT2D eigenvalue weighted by molar-refractivity contribution is -0.387. The Kier molecular flexibility index (Phi) is 4.87. The van der Waals surface area contributed by atoms with Crippen molar-refractivity contribution in [3.63, 3.8) is 0 Å². The highest BCUT2D eigenvalue weighted by Gasteiger charge is 2.53. The van der Waals surface area contributed by atoms with Crippen LogP contribution >= 0.6 is 0 Å². The lowest BCUT2D eigenvalue weighted by atomic mass is 9.86. The summed E-state index contributed by atoms with van der Waals surface area (Å²) < 4.78 is 27.1. The number of hydrogen-bond donors (Lipinski definition) is 0. The van der Waals surface area contributed by atoms with Gasteiger partial charge >= 0.3 is 0 Å². The van der Waals surface area contributed by atoms with Crippen LogP contribution in [0.5, 0.6) is 0 Å². The molecule has 0 saturated carbocycles. The molecule has 1 saturated heterocycles. The summed E-state index contributed by atoms with van der Waals surface area (Å²) in [5.41, 5.74) is 2.09. The first-order valence-electron chi connectivity index (χ1n) is 9.29. The number of carbonyl (C=O) groups is 1. The molecule has 0 N–H and O–H groups in total. The first-order valence-corrected chi connectivity index (χ1v) is 10.7. The number of rotatable bonds is 5. The van der Waals surface area contributed by atoms with Crippen LogP contribution in [0.2, 0.25) is 0 Å². The molecule has 3 aromatic rings. The van der Waals surface area contributed by atoms with Crippen LogP contribution in [0.4, 0.5) is 5.69 Å². The van der Waals surface area contributed by atoms with Crippen molar-refractivity contribution in [3.05, 3.63) is 94.5 Å². The molecule has 2 atom stereocenters. The van der Waals surface area contributed by atoms with E-state index in [-0.39, 0.29) is 0 Å². The highest BCUT2D eigenvalue weighted by atomic mass is 32.2. The molecular weight excluding hydrogens is 404 g/mol. The molecule has 152 valence electrons. The normalized spacial score (nSPS) is 18.7. The van der Waals surface area contributed by atoms with E-state index in [9.17, 15) is 23.3 Å². The summed E-state index contributed by atoms with van der Waals surface area (Å²) in [6.07, 6.45) is 0. The number of amides is 1. The third-order valence-electron chi connectivity index (χ3n) is 5.29. The van der Waals surface area contributed by atoms with E-state index < -0.39 is 43.4 Å². The van der Waals surface area contributed by atoms with Gasteiger partial charge in [-0.25, -0.2) is 12.7 Å². The van der Waals surface area contributed by atoms with Crippen LogP contribution in [0.15, 0.2) is 83.8 Å². The number of benzene rings is 3. The van der Waals surface area contributed by atoms with Gasteiger partial charge in [0, 0.05) is 6.07 Å². The fourth-order valence-corrected chi connectivity index (χ4v) is 5.60. The number of para-hydroxylation sites is 1. The van der Waals surface area contributed by atoms with Crippen LogP contribution in [-0.4, -0.2) is 23.6 Å². The lowest BCUT2D eigenvalue weighted by Crippen LogP contribution is -2.56. The lowest BCUT2D eigenvalue weighted by Gasteiger charge is -2.44. The third-order valence-corrected chi connectivity index (χ3v) is 7.12. The maximum atomic E-state index is 13.2. The van der Waals surface area contributed by atoms with E-state index in [2.05, 4.69) is 0 Å². The van der Waals surface area contributed by atoms with Crippen molar-refractivity contribution in [2.45, 2.75) is 17.9 Å². The second-order valence-electron chi connectivity index (χ2n) is 7.09. The number of carbonyl (C=O) groups excluding carboxylic acids is 1. The minimum Gasteiger partial charge on any atom is -0.273 e. The Labute approximate surface area is 173 Å². The molecule has 1 fully saturated rings. The average Bonchev–Trinajstić information content (AvgIpc) is 2.77. The van der Waals surface area contributed by atoms with E-state index in [0.717, 1.165) is 27.6 Å². The van der Waals surface area contributed by atoms with E-state index in [1.54, 1.807) is 19.1 Å². The van der Waals surface area contributed by atoms with Gasteiger partial charge in [0.15, 0.2) is 4.90 Å². The number of β-lactam (4-membered cyclic amide) rings is 1. The average molecular weight is 422 g/mol. The SMILES string of the molecule is C[C@@H]1C(=O)N(S(=O)(=O)c2ccccc2[N+](=O)[O-])[C@H]1c1ccc(-c2ccccc2)cc1. The zero-order chi connectivity index (χ0) is 21.5. The largest absolute Gasteiger partial charge is 0.289 e. The van der Waals surface area contributed by atoms with Crippen LogP contribution in [0, 0.1) is 16.0 Å². The standard InChI is InChI=1S/C22H18N2O5S/c1-15-21(18-13-11-17(12-14-18)16-7-3-2-4-8-16)23(22(15)25)30(28,29)20-10-6-5-9-19(20)24(26)27/h2-15,21H,1H3/t15-,21+/m0/s1. The van der Waals surface area contributed by atoms with Crippen LogP contribution in [0.1, 0.15) is 18.5 Å². The Morgan fingerprint density at radius 3 is 2.07 bits per heavy atom. The summed E-state index contributed by atoms with van der Waals surface area (Å²) in [7, 11) is -4.38. The van der Waals surface area contributed by atoms with Crippen LogP contribution < -0.4 is 0 Å². The fourth-order valence-electron chi connectivity index (χ4n) is 3.72. The van der Waals surface area contributed by atoms with Crippen molar-refractivity contribution in [1.29, 1.82) is 0 Å². The van der Waals surface area contributed by atoms with Crippen molar-refractivity contribution in [1.82, 2.24) is 4.31 Å². The molecule has 30 heavy (non-hydrogen) atoms. The molecule has 0 aromatic heterocycles. The molecule has 0 bridgehead atoms. The fraction of sp³-hybridized carbons (Fsp3) is 0.136. The van der Waals surface area contributed by atoms with Crippen LogP contribution in [0.3, 0.4) is 0 Å². The van der Waals surface area contributed by atoms with Crippen molar-refractivity contribution < 1.29 is 18.1 Å². The molecule has 1 aliphatic rings. The van der Waals surface area contributed by atoms with Gasteiger partial charge in [0.25, 0.3) is 15.7 Å². The van der Waals surface area contributed by atoms with E-state index in [0.29, 0.717) is 5.56 Å². The molecule has 1 amide bonds. The molecule has 0 spiro atoms. The summed E-state index contributed by atoms with van der Waals surface area (Å²) in [5.74, 6) is -1.13. The second kappa shape index (κ2) is 7.38. The summed E-state index contributed by atoms with van der Waals surface area (Å²) in [6, 6.07) is 21.4. The Balaban J connectivity index is 1.71. The molecule has 0 unspecified atom stereocenters. The molecule has 4 rings (SSSR count). The zero-order valence-electron chi connectivity index (χ0n) is 16.0. The molecule has 7 nitrogen and oxygen atoms in total. The number of sulfonamides is 1. The van der Waals surface area contributed by atoms with Gasteiger partial charge in [-0.1, -0.05) is 73.7 Å². The van der Waals surface area contributed by atoms with Gasteiger partial charge in [-0.3, -0.25) is 14.9 Å². The number of nitro benzene ring substituents is 1. The van der Waals surface area contributed by atoms with Crippen molar-refractivity contribution in [2.24, 2.45) is 5.92 Å². The first-order chi connectivity index (χ1) is 14.3. The van der Waals surface area contributed by atoms with Crippen molar-refractivity contribution >= 4 is 21.6 Å². The summed E-state index contributed by atoms with van der Waals surface area (Å²) in [4.78, 5) is 22.6. The highest BCUT2D eigenvalue weighted by Crippen LogP contribution is 2.45. The van der Waals surface area contributed by atoms with Gasteiger partial charge in [0.1, 0.15) is 0 Å². The minimum atomic E-state index is -4.38. The summed E-state index contributed by atoms with van der Waals surface area (Å²) in [6.45, 7) is 1.66. The predicted octanol–water partition coefficient (Wildman–Crippen LogP) is 4.17. The monoisotopic (exact) mass is 422 g/mol. The zero-order valence-corrected chi connectivity index (χ0v) is 16.8. The summed E-state index contributed by atoms with van der Waals surface area (Å²) in [5, 5.41) is 11.3. The Morgan fingerprint density at radius 2 is 1.43 bits per heavy atom. The molecular formula is C22H18N2O5S. The highest BCUT2D eigenvalue weighted by molar-refractivity contribution is 7.90. The molecule has 0 radical (unpaired) electrons. The maximum Gasteiger partial charge on any atom is 0.289 e. The molecule has 0 aliphatic carbocycles. The smallest absolute Gasteiger partial charge is 0.273 e. The molecule has 1 aliphatic heterocycles. The van der Waals surface area contributed by atoms with E-state index in [1.807, 2.05) is 42.5 Å². The number of nitrogens with zero attached hydrogens (tertiary/aromatic N) is 2. The predicted molar refractivity (Wildman–Crippen MR) is 111 cm³/mol. The van der Waals surface area contributed by atoms with Gasteiger partial charge < -0.3 is 0 Å². The van der Waals surface area contributed by atoms with Crippen LogP contribution in [-0.2, 0) is 14.8 Å². The van der Waals surface area contributed by atoms with E-state index in [1.165, 1.54) is 12.1 Å². The van der Waals surface area contributed by atoms with Gasteiger partial charge in [0.05, 0.1) is 16.9 Å². The number of hydrogen-bond acceptors (Lipinski definition) is 5. The third kappa shape index (κ3) is 3.15. The summed E-state index contributed by atoms with van der Waals surface area (Å²) >= 11 is 0. The van der Waals surface area contributed by atoms with Crippen LogP contribution in [0.25, 0.3) is 11.1 Å². The Bertz CT molecular complexity index is 1220. The number of nitro groups is 1. The first kappa shape index (κ1) is 19.8. The topological polar surface area (TPSA) is 97.6 Å². The Hall–Kier alpha value is -3.52. The van der Waals surface area contributed by atoms with Crippen molar-refractivity contribution in [2.75, 3.05) is 0 Å². The van der Waals surface area contributed by atoms with Gasteiger partial charge in [-0.15, -0.1) is 0 Å². The molecule has 8 heteroatoms. The Morgan fingerprint density at radius 1 is 0.867 bits per heavy atom. The van der Waals surface area contributed by atoms with E-state index >= 15 is 0 Å². The minimum absolute atomic E-state index is 0.485. The molecule has 1 heterocycles.